The SMILES string of the molecule is Cc1ccc(COCc2cc(/C(=N/N)c3ccc(-n4cnc(C)c4Cl)c(C)c3)c(=O)n([C@@H](C)c3ccc(C)cc3)c2)cc1. The number of hydrazone groups is 1. The summed E-state index contributed by atoms with van der Waals surface area (Å²) in [6.45, 7) is 10.7. The fourth-order valence-electron chi connectivity index (χ4n) is 5.14. The van der Waals surface area contributed by atoms with E-state index in [1.807, 2.05) is 62.7 Å². The van der Waals surface area contributed by atoms with Crippen molar-refractivity contribution >= 4 is 17.3 Å². The monoisotopic (exact) mass is 593 g/mol. The summed E-state index contributed by atoms with van der Waals surface area (Å²) in [7, 11) is 0. The number of benzene rings is 3. The molecule has 5 rings (SSSR count). The van der Waals surface area contributed by atoms with Crippen LogP contribution in [0.5, 0.6) is 0 Å². The van der Waals surface area contributed by atoms with Crippen molar-refractivity contribution in [2.45, 2.75) is 53.9 Å². The molecule has 1 atom stereocenters. The van der Waals surface area contributed by atoms with Crippen molar-refractivity contribution in [3.05, 3.63) is 151 Å². The third kappa shape index (κ3) is 6.48. The predicted octanol–water partition coefficient (Wildman–Crippen LogP) is 6.96. The molecule has 0 saturated heterocycles. The predicted molar refractivity (Wildman–Crippen MR) is 173 cm³/mol. The number of hydrogen-bond donors (Lipinski definition) is 1. The van der Waals surface area contributed by atoms with Crippen molar-refractivity contribution in [1.29, 1.82) is 0 Å². The van der Waals surface area contributed by atoms with Gasteiger partial charge in [-0.05, 0) is 75.1 Å². The lowest BCUT2D eigenvalue weighted by molar-refractivity contribution is 0.106. The Kier molecular flexibility index (Phi) is 8.94. The molecule has 0 fully saturated rings. The van der Waals surface area contributed by atoms with Crippen LogP contribution in [0.4, 0.5) is 0 Å². The molecule has 8 heteroatoms. The Labute approximate surface area is 257 Å². The molecule has 0 aliphatic heterocycles. The van der Waals surface area contributed by atoms with Crippen molar-refractivity contribution in [2.75, 3.05) is 0 Å². The van der Waals surface area contributed by atoms with Crippen molar-refractivity contribution in [3.63, 3.8) is 0 Å². The first-order valence-corrected chi connectivity index (χ1v) is 14.6. The van der Waals surface area contributed by atoms with Gasteiger partial charge >= 0.3 is 0 Å². The van der Waals surface area contributed by atoms with Crippen molar-refractivity contribution in [3.8, 4) is 5.69 Å². The molecule has 0 bridgehead atoms. The first-order valence-electron chi connectivity index (χ1n) is 14.2. The van der Waals surface area contributed by atoms with Gasteiger partial charge in [-0.25, -0.2) is 4.98 Å². The first kappa shape index (κ1) is 30.0. The maximum Gasteiger partial charge on any atom is 0.260 e. The average molecular weight is 594 g/mol. The van der Waals surface area contributed by atoms with E-state index in [2.05, 4.69) is 65.5 Å². The molecule has 0 unspecified atom stereocenters. The van der Waals surface area contributed by atoms with Gasteiger partial charge in [0.2, 0.25) is 0 Å². The number of nitrogens with zero attached hydrogens (tertiary/aromatic N) is 4. The van der Waals surface area contributed by atoms with E-state index in [9.17, 15) is 4.79 Å². The Morgan fingerprint density at radius 1 is 0.930 bits per heavy atom. The van der Waals surface area contributed by atoms with Gasteiger partial charge < -0.3 is 15.1 Å². The molecule has 0 amide bonds. The van der Waals surface area contributed by atoms with Crippen molar-refractivity contribution in [2.24, 2.45) is 10.9 Å². The van der Waals surface area contributed by atoms with Crippen LogP contribution in [0.2, 0.25) is 5.15 Å². The Morgan fingerprint density at radius 2 is 1.58 bits per heavy atom. The van der Waals surface area contributed by atoms with E-state index >= 15 is 0 Å². The van der Waals surface area contributed by atoms with Crippen molar-refractivity contribution < 1.29 is 4.74 Å². The fraction of sp³-hybridized carbons (Fsp3) is 0.229. The molecule has 2 heterocycles. The van der Waals surface area contributed by atoms with Crippen molar-refractivity contribution in [1.82, 2.24) is 14.1 Å². The van der Waals surface area contributed by atoms with E-state index in [-0.39, 0.29) is 11.6 Å². The molecule has 0 radical (unpaired) electrons. The van der Waals surface area contributed by atoms with Crippen LogP contribution < -0.4 is 11.4 Å². The highest BCUT2D eigenvalue weighted by molar-refractivity contribution is 6.30. The van der Waals surface area contributed by atoms with E-state index in [4.69, 9.17) is 22.2 Å². The number of aryl methyl sites for hydroxylation is 4. The maximum atomic E-state index is 14.1. The molecule has 2 aromatic heterocycles. The third-order valence-corrected chi connectivity index (χ3v) is 8.18. The Hall–Kier alpha value is -4.46. The summed E-state index contributed by atoms with van der Waals surface area (Å²) in [5, 5.41) is 4.68. The number of aromatic nitrogens is 3. The molecular formula is C35H36ClN5O2. The second kappa shape index (κ2) is 12.8. The zero-order chi connectivity index (χ0) is 30.7. The van der Waals surface area contributed by atoms with Gasteiger partial charge in [-0.15, -0.1) is 0 Å². The number of nitrogens with two attached hydrogens (primary N) is 1. The van der Waals surface area contributed by atoms with E-state index in [0.29, 0.717) is 29.6 Å². The number of pyridine rings is 1. The van der Waals surface area contributed by atoms with Crippen LogP contribution in [-0.4, -0.2) is 19.8 Å². The van der Waals surface area contributed by atoms with Gasteiger partial charge in [0.25, 0.3) is 5.56 Å². The quantitative estimate of drug-likeness (QED) is 0.114. The van der Waals surface area contributed by atoms with E-state index in [1.165, 1.54) is 5.56 Å². The van der Waals surface area contributed by atoms with Gasteiger partial charge in [0, 0.05) is 11.8 Å². The lowest BCUT2D eigenvalue weighted by Crippen LogP contribution is -2.30. The van der Waals surface area contributed by atoms with E-state index in [0.717, 1.165) is 44.8 Å². The Bertz CT molecular complexity index is 1840. The van der Waals surface area contributed by atoms with E-state index < -0.39 is 0 Å². The van der Waals surface area contributed by atoms with Gasteiger partial charge in [0.1, 0.15) is 17.2 Å². The molecule has 220 valence electrons. The van der Waals surface area contributed by atoms with Crippen LogP contribution >= 0.6 is 11.6 Å². The third-order valence-electron chi connectivity index (χ3n) is 7.73. The normalized spacial score (nSPS) is 12.5. The highest BCUT2D eigenvalue weighted by Gasteiger charge is 2.20. The van der Waals surface area contributed by atoms with Gasteiger partial charge in [-0.1, -0.05) is 77.3 Å². The average Bonchev–Trinajstić information content (AvgIpc) is 3.33. The number of rotatable bonds is 9. The summed E-state index contributed by atoms with van der Waals surface area (Å²) in [4.78, 5) is 18.4. The van der Waals surface area contributed by atoms with Crippen LogP contribution in [0.1, 0.15) is 63.2 Å². The highest BCUT2D eigenvalue weighted by atomic mass is 35.5. The van der Waals surface area contributed by atoms with Crippen LogP contribution in [-0.2, 0) is 18.0 Å². The molecule has 3 aromatic carbocycles. The summed E-state index contributed by atoms with van der Waals surface area (Å²) in [6.07, 6.45) is 3.57. The molecule has 0 aliphatic carbocycles. The molecular weight excluding hydrogens is 558 g/mol. The standard InChI is InChI=1S/C35H36ClN5O2/c1-22-6-10-27(11-7-22)19-43-20-28-17-31(35(42)40(18-28)26(5)29-12-8-23(2)9-13-29)33(39-37)30-14-15-32(24(3)16-30)41-21-38-25(4)34(41)36/h6-18,21,26H,19-20,37H2,1-5H3/b39-33+/t26-/m0/s1. The second-order valence-corrected chi connectivity index (χ2v) is 11.4. The zero-order valence-corrected chi connectivity index (χ0v) is 25.9. The van der Waals surface area contributed by atoms with Crippen LogP contribution in [0.25, 0.3) is 5.69 Å². The second-order valence-electron chi connectivity index (χ2n) is 11.0. The molecule has 0 spiro atoms. The molecule has 2 N–H and O–H groups in total. The minimum absolute atomic E-state index is 0.186. The molecule has 43 heavy (non-hydrogen) atoms. The van der Waals surface area contributed by atoms with Crippen LogP contribution in [0, 0.1) is 27.7 Å². The number of halogens is 1. The topological polar surface area (TPSA) is 87.4 Å². The van der Waals surface area contributed by atoms with Crippen LogP contribution in [0.15, 0.2) is 95.2 Å². The summed E-state index contributed by atoms with van der Waals surface area (Å²) in [5.74, 6) is 6.00. The summed E-state index contributed by atoms with van der Waals surface area (Å²) in [6, 6.07) is 23.9. The molecule has 5 aromatic rings. The number of hydrogen-bond acceptors (Lipinski definition) is 5. The lowest BCUT2D eigenvalue weighted by atomic mass is 9.99. The first-order chi connectivity index (χ1) is 20.7. The zero-order valence-electron chi connectivity index (χ0n) is 25.1. The molecule has 7 nitrogen and oxygen atoms in total. The number of imidazole rings is 1. The minimum Gasteiger partial charge on any atom is -0.372 e. The fourth-order valence-corrected chi connectivity index (χ4v) is 5.32. The smallest absolute Gasteiger partial charge is 0.260 e. The minimum atomic E-state index is -0.223. The Morgan fingerprint density at radius 3 is 2.19 bits per heavy atom. The molecule has 0 saturated carbocycles. The lowest BCUT2D eigenvalue weighted by Gasteiger charge is -2.20. The summed E-state index contributed by atoms with van der Waals surface area (Å²) < 4.78 is 9.68. The summed E-state index contributed by atoms with van der Waals surface area (Å²) >= 11 is 6.47. The Balaban J connectivity index is 1.54. The van der Waals surface area contributed by atoms with Gasteiger partial charge in [-0.2, -0.15) is 5.10 Å². The molecule has 0 aliphatic rings. The maximum absolute atomic E-state index is 14.1. The number of ether oxygens (including phenoxy) is 1. The van der Waals surface area contributed by atoms with Crippen LogP contribution in [0.3, 0.4) is 0 Å². The largest absolute Gasteiger partial charge is 0.372 e. The van der Waals surface area contributed by atoms with Gasteiger partial charge in [0.05, 0.1) is 36.2 Å². The highest BCUT2D eigenvalue weighted by Crippen LogP contribution is 2.25. The van der Waals surface area contributed by atoms with Gasteiger partial charge in [-0.3, -0.25) is 9.36 Å². The van der Waals surface area contributed by atoms with Gasteiger partial charge in [0.15, 0.2) is 0 Å². The summed E-state index contributed by atoms with van der Waals surface area (Å²) in [5.41, 5.74) is 9.22. The van der Waals surface area contributed by atoms with E-state index in [1.54, 1.807) is 10.9 Å².